The van der Waals surface area contributed by atoms with E-state index in [1.165, 1.54) is 5.57 Å². The number of aromatic nitrogens is 2. The van der Waals surface area contributed by atoms with Crippen molar-refractivity contribution in [2.24, 2.45) is 0 Å². The highest BCUT2D eigenvalue weighted by atomic mass is 16.4. The van der Waals surface area contributed by atoms with Gasteiger partial charge in [0.25, 0.3) is 0 Å². The lowest BCUT2D eigenvalue weighted by molar-refractivity contribution is -0.132. The van der Waals surface area contributed by atoms with Crippen LogP contribution in [0.3, 0.4) is 0 Å². The van der Waals surface area contributed by atoms with Crippen LogP contribution in [0.5, 0.6) is 0 Å². The summed E-state index contributed by atoms with van der Waals surface area (Å²) in [5, 5.41) is 14.7. The van der Waals surface area contributed by atoms with Gasteiger partial charge in [-0.15, -0.1) is 0 Å². The smallest absolute Gasteiger partial charge is 0.331 e. The number of carboxylic acids is 1. The van der Waals surface area contributed by atoms with E-state index in [0.717, 1.165) is 61.1 Å². The Morgan fingerprint density at radius 1 is 1.39 bits per heavy atom. The lowest BCUT2D eigenvalue weighted by atomic mass is 9.99. The normalized spacial score (nSPS) is 19.1. The number of nitrogens with zero attached hydrogens (tertiary/aromatic N) is 3. The van der Waals surface area contributed by atoms with Crippen LogP contribution in [0.15, 0.2) is 54.4 Å². The number of anilines is 1. The first-order valence-electron chi connectivity index (χ1n) is 10.7. The monoisotopic (exact) mass is 416 g/mol. The Labute approximate surface area is 182 Å². The maximum absolute atomic E-state index is 11.3. The van der Waals surface area contributed by atoms with Crippen LogP contribution in [-0.4, -0.2) is 51.6 Å². The fraction of sp³-hybridized carbons (Fsp3) is 0.320. The summed E-state index contributed by atoms with van der Waals surface area (Å²) in [7, 11) is 0. The van der Waals surface area contributed by atoms with E-state index in [9.17, 15) is 9.90 Å². The number of nitrogens with one attached hydrogen (secondary N) is 1. The zero-order valence-electron chi connectivity index (χ0n) is 17.8. The minimum absolute atomic E-state index is 0.226. The van der Waals surface area contributed by atoms with Gasteiger partial charge in [0.2, 0.25) is 0 Å². The lowest BCUT2D eigenvalue weighted by Gasteiger charge is -2.41. The third kappa shape index (κ3) is 4.59. The molecule has 2 aromatic heterocycles. The molecule has 2 aromatic rings. The molecule has 160 valence electrons. The van der Waals surface area contributed by atoms with Crippen molar-refractivity contribution in [1.29, 1.82) is 0 Å². The van der Waals surface area contributed by atoms with Crippen molar-refractivity contribution in [2.45, 2.75) is 32.2 Å². The number of allylic oxidation sites excluding steroid dienone is 2. The van der Waals surface area contributed by atoms with Crippen LogP contribution in [0.25, 0.3) is 22.9 Å². The second-order valence-electron chi connectivity index (χ2n) is 8.07. The van der Waals surface area contributed by atoms with Gasteiger partial charge in [-0.2, -0.15) is 0 Å². The van der Waals surface area contributed by atoms with Gasteiger partial charge >= 0.3 is 5.97 Å². The molecule has 0 radical (unpaired) electrons. The topological polar surface area (TPSA) is 78.3 Å². The maximum atomic E-state index is 11.3. The second kappa shape index (κ2) is 9.27. The van der Waals surface area contributed by atoms with Crippen molar-refractivity contribution in [3.63, 3.8) is 0 Å². The number of fused-ring (bicyclic) bond motifs is 1. The number of likely N-dealkylation sites (tertiary alicyclic amines) is 1. The van der Waals surface area contributed by atoms with Crippen LogP contribution in [-0.2, 0) is 4.79 Å². The predicted molar refractivity (Wildman–Crippen MR) is 126 cm³/mol. The number of carbonyl (C=O) groups is 1. The zero-order valence-corrected chi connectivity index (χ0v) is 17.8. The van der Waals surface area contributed by atoms with Crippen LogP contribution < -0.4 is 5.32 Å². The summed E-state index contributed by atoms with van der Waals surface area (Å²) < 4.78 is 0. The molecule has 1 atom stereocenters. The minimum Gasteiger partial charge on any atom is -0.478 e. The lowest BCUT2D eigenvalue weighted by Crippen LogP contribution is -2.51. The summed E-state index contributed by atoms with van der Waals surface area (Å²) in [5.74, 6) is -0.218. The largest absolute Gasteiger partial charge is 0.478 e. The number of rotatable bonds is 8. The highest BCUT2D eigenvalue weighted by Gasteiger charge is 2.28. The van der Waals surface area contributed by atoms with E-state index in [2.05, 4.69) is 40.0 Å². The van der Waals surface area contributed by atoms with Crippen LogP contribution in [0, 0.1) is 0 Å². The summed E-state index contributed by atoms with van der Waals surface area (Å²) in [4.78, 5) is 22.9. The Bertz CT molecular complexity index is 1100. The average molecular weight is 417 g/mol. The molecule has 0 aromatic carbocycles. The van der Waals surface area contributed by atoms with E-state index in [0.29, 0.717) is 11.7 Å². The van der Waals surface area contributed by atoms with Gasteiger partial charge in [0.15, 0.2) is 0 Å². The average Bonchev–Trinajstić information content (AvgIpc) is 2.77. The van der Waals surface area contributed by atoms with Gasteiger partial charge in [-0.25, -0.2) is 9.78 Å². The van der Waals surface area contributed by atoms with Crippen LogP contribution in [0.4, 0.5) is 5.82 Å². The van der Waals surface area contributed by atoms with Gasteiger partial charge in [-0.3, -0.25) is 9.88 Å². The van der Waals surface area contributed by atoms with Gasteiger partial charge in [-0.1, -0.05) is 30.9 Å². The van der Waals surface area contributed by atoms with Crippen LogP contribution in [0.2, 0.25) is 0 Å². The van der Waals surface area contributed by atoms with Crippen molar-refractivity contribution >= 4 is 34.7 Å². The first-order chi connectivity index (χ1) is 15.1. The number of aliphatic carboxylic acids is 1. The highest BCUT2D eigenvalue weighted by Crippen LogP contribution is 2.29. The number of carboxylic acid groups (broad SMARTS) is 1. The third-order valence-corrected chi connectivity index (χ3v) is 6.00. The molecule has 1 saturated heterocycles. The summed E-state index contributed by atoms with van der Waals surface area (Å²) in [6.07, 6.45) is 17.1. The molecule has 1 aliphatic heterocycles. The molecule has 4 rings (SSSR count). The SMILES string of the molecule is C=Cc1c(/C=C(\C)C(=O)O)nc(NCC2CCN2CC2=CCCC=C2)c2ccncc12. The molecule has 0 amide bonds. The van der Waals surface area contributed by atoms with Crippen molar-refractivity contribution < 1.29 is 9.90 Å². The molecular formula is C25H28N4O2. The Morgan fingerprint density at radius 2 is 2.26 bits per heavy atom. The highest BCUT2D eigenvalue weighted by molar-refractivity contribution is 6.00. The predicted octanol–water partition coefficient (Wildman–Crippen LogP) is 4.52. The Morgan fingerprint density at radius 3 is 2.94 bits per heavy atom. The quantitative estimate of drug-likeness (QED) is 0.616. The molecule has 1 fully saturated rings. The molecule has 0 spiro atoms. The van der Waals surface area contributed by atoms with Gasteiger partial charge in [0, 0.05) is 60.0 Å². The fourth-order valence-electron chi connectivity index (χ4n) is 4.09. The Balaban J connectivity index is 1.58. The first-order valence-corrected chi connectivity index (χ1v) is 10.7. The van der Waals surface area contributed by atoms with Crippen molar-refractivity contribution in [1.82, 2.24) is 14.9 Å². The minimum atomic E-state index is -0.964. The van der Waals surface area contributed by atoms with Crippen molar-refractivity contribution in [3.8, 4) is 0 Å². The van der Waals surface area contributed by atoms with E-state index in [1.54, 1.807) is 31.5 Å². The zero-order chi connectivity index (χ0) is 21.8. The molecule has 6 nitrogen and oxygen atoms in total. The first kappa shape index (κ1) is 21.0. The molecule has 0 bridgehead atoms. The number of hydrogen-bond acceptors (Lipinski definition) is 5. The fourth-order valence-corrected chi connectivity index (χ4v) is 4.09. The van der Waals surface area contributed by atoms with Crippen LogP contribution >= 0.6 is 0 Å². The third-order valence-electron chi connectivity index (χ3n) is 6.00. The van der Waals surface area contributed by atoms with E-state index < -0.39 is 5.97 Å². The molecule has 1 unspecified atom stereocenters. The maximum Gasteiger partial charge on any atom is 0.331 e. The Hall–Kier alpha value is -3.25. The van der Waals surface area contributed by atoms with E-state index in [-0.39, 0.29) is 5.57 Å². The number of hydrogen-bond donors (Lipinski definition) is 2. The molecule has 2 N–H and O–H groups in total. The van der Waals surface area contributed by atoms with Crippen molar-refractivity contribution in [2.75, 3.05) is 25.0 Å². The summed E-state index contributed by atoms with van der Waals surface area (Å²) in [5.41, 5.74) is 3.00. The summed E-state index contributed by atoms with van der Waals surface area (Å²) in [6, 6.07) is 2.39. The van der Waals surface area contributed by atoms with E-state index in [4.69, 9.17) is 4.98 Å². The molecule has 1 aliphatic carbocycles. The standard InChI is InChI=1S/C25H28N4O2/c1-3-20-22-15-26-11-9-21(22)24(28-23(20)13-17(2)25(30)31)27-14-19-10-12-29(19)16-18-7-5-4-6-8-18/h3,5,7-9,11,13,15,19H,1,4,6,10,12,14,16H2,2H3,(H,27,28)(H,30,31)/b17-13+. The van der Waals surface area contributed by atoms with Gasteiger partial charge in [0.05, 0.1) is 5.69 Å². The van der Waals surface area contributed by atoms with Gasteiger partial charge in [0.1, 0.15) is 5.82 Å². The van der Waals surface area contributed by atoms with E-state index >= 15 is 0 Å². The molecule has 0 saturated carbocycles. The molecular weight excluding hydrogens is 388 g/mol. The van der Waals surface area contributed by atoms with Gasteiger partial charge < -0.3 is 10.4 Å². The second-order valence-corrected chi connectivity index (χ2v) is 8.07. The molecule has 6 heteroatoms. The van der Waals surface area contributed by atoms with Crippen molar-refractivity contribution in [3.05, 3.63) is 65.7 Å². The summed E-state index contributed by atoms with van der Waals surface area (Å²) in [6.45, 7) is 8.35. The van der Waals surface area contributed by atoms with E-state index in [1.807, 2.05) is 6.07 Å². The van der Waals surface area contributed by atoms with Crippen LogP contribution in [0.1, 0.15) is 37.4 Å². The molecule has 2 aliphatic rings. The molecule has 31 heavy (non-hydrogen) atoms. The van der Waals surface area contributed by atoms with Gasteiger partial charge in [-0.05, 0) is 43.9 Å². The number of pyridine rings is 2. The Kier molecular flexibility index (Phi) is 6.28. The molecule has 3 heterocycles. The summed E-state index contributed by atoms with van der Waals surface area (Å²) >= 11 is 0.